The Morgan fingerprint density at radius 1 is 1.55 bits per heavy atom. The summed E-state index contributed by atoms with van der Waals surface area (Å²) in [6, 6.07) is 0. The smallest absolute Gasteiger partial charge is 0.0946 e. The molecule has 1 fully saturated rings. The zero-order chi connectivity index (χ0) is 7.73. The zero-order valence-electron chi connectivity index (χ0n) is 6.40. The van der Waals surface area contributed by atoms with Crippen molar-refractivity contribution in [2.24, 2.45) is 0 Å². The number of aromatic nitrogens is 2. The summed E-state index contributed by atoms with van der Waals surface area (Å²) in [6.45, 7) is 0.701. The predicted molar refractivity (Wildman–Crippen MR) is 41.0 cm³/mol. The van der Waals surface area contributed by atoms with Crippen LogP contribution in [0.5, 0.6) is 0 Å². The number of hydrogen-bond acceptors (Lipinski definition) is 2. The van der Waals surface area contributed by atoms with Gasteiger partial charge in [-0.05, 0) is 19.3 Å². The fourth-order valence-electron chi connectivity index (χ4n) is 1.46. The Bertz CT molecular complexity index is 226. The highest BCUT2D eigenvalue weighted by Crippen LogP contribution is 2.32. The highest BCUT2D eigenvalue weighted by Gasteiger charge is 2.34. The normalized spacial score (nSPS) is 21.2. The third kappa shape index (κ3) is 1.28. The molecule has 1 aliphatic rings. The summed E-state index contributed by atoms with van der Waals surface area (Å²) in [5.41, 5.74) is -0.430. The molecule has 0 unspecified atom stereocenters. The number of rotatable bonds is 2. The molecule has 0 aromatic carbocycles. The minimum Gasteiger partial charge on any atom is -0.388 e. The van der Waals surface area contributed by atoms with E-state index in [2.05, 4.69) is 4.98 Å². The Morgan fingerprint density at radius 3 is 2.82 bits per heavy atom. The molecule has 1 heterocycles. The summed E-state index contributed by atoms with van der Waals surface area (Å²) in [5.74, 6) is 0. The van der Waals surface area contributed by atoms with Gasteiger partial charge in [0.15, 0.2) is 0 Å². The largest absolute Gasteiger partial charge is 0.388 e. The van der Waals surface area contributed by atoms with Crippen molar-refractivity contribution in [3.05, 3.63) is 18.7 Å². The fraction of sp³-hybridized carbons (Fsp3) is 0.625. The van der Waals surface area contributed by atoms with E-state index < -0.39 is 5.60 Å². The second kappa shape index (κ2) is 2.34. The first-order chi connectivity index (χ1) is 5.29. The third-order valence-electron chi connectivity index (χ3n) is 2.32. The predicted octanol–water partition coefficient (Wildman–Crippen LogP) is 0.798. The van der Waals surface area contributed by atoms with E-state index in [0.717, 1.165) is 19.3 Å². The van der Waals surface area contributed by atoms with E-state index in [-0.39, 0.29) is 0 Å². The third-order valence-corrected chi connectivity index (χ3v) is 2.32. The van der Waals surface area contributed by atoms with Crippen LogP contribution >= 0.6 is 0 Å². The van der Waals surface area contributed by atoms with Crippen molar-refractivity contribution < 1.29 is 5.11 Å². The number of aliphatic hydroxyl groups is 1. The van der Waals surface area contributed by atoms with Crippen LogP contribution in [0.1, 0.15) is 19.3 Å². The highest BCUT2D eigenvalue weighted by molar-refractivity contribution is 4.89. The van der Waals surface area contributed by atoms with Crippen molar-refractivity contribution in [2.45, 2.75) is 31.4 Å². The maximum atomic E-state index is 9.73. The van der Waals surface area contributed by atoms with Crippen LogP contribution in [-0.4, -0.2) is 20.3 Å². The summed E-state index contributed by atoms with van der Waals surface area (Å²) < 4.78 is 1.93. The molecule has 3 heteroatoms. The molecule has 0 atom stereocenters. The number of imidazole rings is 1. The average Bonchev–Trinajstić information content (AvgIpc) is 2.36. The molecular weight excluding hydrogens is 140 g/mol. The lowest BCUT2D eigenvalue weighted by atomic mass is 9.80. The quantitative estimate of drug-likeness (QED) is 0.680. The molecule has 0 spiro atoms. The van der Waals surface area contributed by atoms with Crippen LogP contribution in [0.3, 0.4) is 0 Å². The molecule has 0 saturated heterocycles. The fourth-order valence-corrected chi connectivity index (χ4v) is 1.46. The van der Waals surface area contributed by atoms with Crippen molar-refractivity contribution in [2.75, 3.05) is 0 Å². The maximum Gasteiger partial charge on any atom is 0.0946 e. The molecule has 1 saturated carbocycles. The van der Waals surface area contributed by atoms with E-state index in [1.54, 1.807) is 12.5 Å². The van der Waals surface area contributed by atoms with E-state index in [1.165, 1.54) is 0 Å². The average molecular weight is 152 g/mol. The van der Waals surface area contributed by atoms with Crippen LogP contribution in [0.25, 0.3) is 0 Å². The van der Waals surface area contributed by atoms with Crippen LogP contribution in [0.15, 0.2) is 18.7 Å². The van der Waals surface area contributed by atoms with Gasteiger partial charge in [0.1, 0.15) is 0 Å². The molecule has 1 aliphatic carbocycles. The van der Waals surface area contributed by atoms with Gasteiger partial charge < -0.3 is 9.67 Å². The van der Waals surface area contributed by atoms with Crippen LogP contribution in [0.2, 0.25) is 0 Å². The summed E-state index contributed by atoms with van der Waals surface area (Å²) >= 11 is 0. The lowest BCUT2D eigenvalue weighted by molar-refractivity contribution is -0.0473. The van der Waals surface area contributed by atoms with Gasteiger partial charge in [0.2, 0.25) is 0 Å². The van der Waals surface area contributed by atoms with Gasteiger partial charge >= 0.3 is 0 Å². The van der Waals surface area contributed by atoms with Crippen LogP contribution in [0, 0.1) is 0 Å². The van der Waals surface area contributed by atoms with E-state index in [1.807, 2.05) is 10.8 Å². The van der Waals surface area contributed by atoms with E-state index in [4.69, 9.17) is 0 Å². The summed E-state index contributed by atoms with van der Waals surface area (Å²) in [5, 5.41) is 9.73. The highest BCUT2D eigenvalue weighted by atomic mass is 16.3. The lowest BCUT2D eigenvalue weighted by Crippen LogP contribution is -2.40. The molecule has 0 radical (unpaired) electrons. The second-order valence-corrected chi connectivity index (χ2v) is 3.31. The van der Waals surface area contributed by atoms with Gasteiger partial charge in [0, 0.05) is 12.4 Å². The van der Waals surface area contributed by atoms with Gasteiger partial charge in [0.25, 0.3) is 0 Å². The van der Waals surface area contributed by atoms with Crippen molar-refractivity contribution in [1.29, 1.82) is 0 Å². The molecule has 1 aromatic rings. The number of nitrogens with zero attached hydrogens (tertiary/aromatic N) is 2. The van der Waals surface area contributed by atoms with Gasteiger partial charge in [-0.1, -0.05) is 0 Å². The van der Waals surface area contributed by atoms with Crippen molar-refractivity contribution in [3.8, 4) is 0 Å². The van der Waals surface area contributed by atoms with E-state index >= 15 is 0 Å². The molecule has 1 N–H and O–H groups in total. The summed E-state index contributed by atoms with van der Waals surface area (Å²) in [4.78, 5) is 3.92. The molecule has 11 heavy (non-hydrogen) atoms. The molecule has 2 rings (SSSR count). The standard InChI is InChI=1S/C8H12N2O/c11-8(2-1-3-8)6-10-5-4-9-7-10/h4-5,7,11H,1-3,6H2. The molecule has 0 bridgehead atoms. The zero-order valence-corrected chi connectivity index (χ0v) is 6.40. The Hall–Kier alpha value is -0.830. The molecule has 1 aromatic heterocycles. The second-order valence-electron chi connectivity index (χ2n) is 3.31. The Kier molecular flexibility index (Phi) is 1.46. The maximum absolute atomic E-state index is 9.73. The van der Waals surface area contributed by atoms with Crippen LogP contribution < -0.4 is 0 Å². The summed E-state index contributed by atoms with van der Waals surface area (Å²) in [7, 11) is 0. The molecule has 0 amide bonds. The molecular formula is C8H12N2O. The monoisotopic (exact) mass is 152 g/mol. The van der Waals surface area contributed by atoms with Crippen molar-refractivity contribution >= 4 is 0 Å². The van der Waals surface area contributed by atoms with Crippen LogP contribution in [-0.2, 0) is 6.54 Å². The summed E-state index contributed by atoms with van der Waals surface area (Å²) in [6.07, 6.45) is 8.40. The SMILES string of the molecule is OC1(Cn2ccnc2)CCC1. The van der Waals surface area contributed by atoms with E-state index in [9.17, 15) is 5.11 Å². The molecule has 3 nitrogen and oxygen atoms in total. The van der Waals surface area contributed by atoms with Gasteiger partial charge in [-0.15, -0.1) is 0 Å². The van der Waals surface area contributed by atoms with Gasteiger partial charge in [-0.25, -0.2) is 4.98 Å². The Morgan fingerprint density at radius 2 is 2.36 bits per heavy atom. The number of hydrogen-bond donors (Lipinski definition) is 1. The molecule has 60 valence electrons. The van der Waals surface area contributed by atoms with Crippen molar-refractivity contribution in [1.82, 2.24) is 9.55 Å². The lowest BCUT2D eigenvalue weighted by Gasteiger charge is -2.36. The molecule has 0 aliphatic heterocycles. The van der Waals surface area contributed by atoms with Gasteiger partial charge in [-0.2, -0.15) is 0 Å². The first kappa shape index (κ1) is 6.85. The van der Waals surface area contributed by atoms with E-state index in [0.29, 0.717) is 6.54 Å². The topological polar surface area (TPSA) is 38.0 Å². The van der Waals surface area contributed by atoms with Gasteiger partial charge in [-0.3, -0.25) is 0 Å². The van der Waals surface area contributed by atoms with Crippen LogP contribution in [0.4, 0.5) is 0 Å². The minimum atomic E-state index is -0.430. The Balaban J connectivity index is 2.00. The first-order valence-corrected chi connectivity index (χ1v) is 3.97. The van der Waals surface area contributed by atoms with Crippen molar-refractivity contribution in [3.63, 3.8) is 0 Å². The Labute approximate surface area is 65.7 Å². The minimum absolute atomic E-state index is 0.430. The van der Waals surface area contributed by atoms with Gasteiger partial charge in [0.05, 0.1) is 18.5 Å². The first-order valence-electron chi connectivity index (χ1n) is 3.97.